The normalized spacial score (nSPS) is 12.0. The van der Waals surface area contributed by atoms with Crippen molar-refractivity contribution >= 4 is 29.1 Å². The van der Waals surface area contributed by atoms with Gasteiger partial charge in [-0.15, -0.1) is 0 Å². The van der Waals surface area contributed by atoms with Gasteiger partial charge in [0.2, 0.25) is 0 Å². The van der Waals surface area contributed by atoms with Crippen molar-refractivity contribution < 1.29 is 29.0 Å². The monoisotopic (exact) mass is 401 g/mol. The SMILES string of the molecule is O=C(COC(=O)c1ccc(O)cc1)Nc1ccc2c(c1)C(=O)c1ccccc1C2=O. The highest BCUT2D eigenvalue weighted by Crippen LogP contribution is 2.29. The number of amides is 1. The van der Waals surface area contributed by atoms with E-state index in [9.17, 15) is 24.3 Å². The van der Waals surface area contributed by atoms with Crippen LogP contribution in [-0.4, -0.2) is 35.2 Å². The number of ether oxygens (including phenoxy) is 1. The van der Waals surface area contributed by atoms with Crippen LogP contribution in [0.5, 0.6) is 5.75 Å². The average molecular weight is 401 g/mol. The van der Waals surface area contributed by atoms with Gasteiger partial charge >= 0.3 is 5.97 Å². The van der Waals surface area contributed by atoms with E-state index in [0.717, 1.165) is 0 Å². The Morgan fingerprint density at radius 1 is 0.800 bits per heavy atom. The third-order valence-electron chi connectivity index (χ3n) is 4.65. The number of ketones is 2. The number of benzene rings is 3. The van der Waals surface area contributed by atoms with Gasteiger partial charge in [-0.3, -0.25) is 14.4 Å². The molecule has 0 fully saturated rings. The van der Waals surface area contributed by atoms with E-state index in [-0.39, 0.29) is 34.0 Å². The molecule has 2 N–H and O–H groups in total. The fraction of sp³-hybridized carbons (Fsp3) is 0.0435. The fourth-order valence-corrected chi connectivity index (χ4v) is 3.19. The van der Waals surface area contributed by atoms with E-state index < -0.39 is 18.5 Å². The second-order valence-electron chi connectivity index (χ2n) is 6.64. The molecule has 148 valence electrons. The molecule has 0 aliphatic heterocycles. The van der Waals surface area contributed by atoms with Crippen LogP contribution in [-0.2, 0) is 9.53 Å². The van der Waals surface area contributed by atoms with Crippen LogP contribution < -0.4 is 5.32 Å². The highest BCUT2D eigenvalue weighted by atomic mass is 16.5. The van der Waals surface area contributed by atoms with Crippen molar-refractivity contribution in [1.29, 1.82) is 0 Å². The maximum Gasteiger partial charge on any atom is 0.338 e. The molecule has 0 bridgehead atoms. The average Bonchev–Trinajstić information content (AvgIpc) is 2.76. The molecular formula is C23H15NO6. The molecule has 0 radical (unpaired) electrons. The molecule has 1 aliphatic carbocycles. The first-order valence-electron chi connectivity index (χ1n) is 9.02. The molecule has 0 heterocycles. The summed E-state index contributed by atoms with van der Waals surface area (Å²) in [7, 11) is 0. The lowest BCUT2D eigenvalue weighted by Crippen LogP contribution is -2.23. The third-order valence-corrected chi connectivity index (χ3v) is 4.65. The smallest absolute Gasteiger partial charge is 0.338 e. The molecule has 7 nitrogen and oxygen atoms in total. The number of phenolic OH excluding ortho intramolecular Hbond substituents is 1. The van der Waals surface area contributed by atoms with E-state index in [4.69, 9.17) is 4.74 Å². The number of rotatable bonds is 4. The van der Waals surface area contributed by atoms with Crippen molar-refractivity contribution in [1.82, 2.24) is 0 Å². The highest BCUT2D eigenvalue weighted by Gasteiger charge is 2.29. The number of hydrogen-bond donors (Lipinski definition) is 2. The van der Waals surface area contributed by atoms with Gasteiger partial charge in [0.15, 0.2) is 18.2 Å². The molecule has 3 aromatic carbocycles. The van der Waals surface area contributed by atoms with Crippen LogP contribution >= 0.6 is 0 Å². The van der Waals surface area contributed by atoms with Gasteiger partial charge in [0, 0.05) is 27.9 Å². The Morgan fingerprint density at radius 3 is 2.07 bits per heavy atom. The standard InChI is InChI=1S/C23H15NO6/c25-15-8-5-13(6-9-15)23(29)30-12-20(26)24-14-7-10-18-19(11-14)22(28)17-4-2-1-3-16(17)21(18)27/h1-11,25H,12H2,(H,24,26). The Morgan fingerprint density at radius 2 is 1.40 bits per heavy atom. The number of aromatic hydroxyl groups is 1. The van der Waals surface area contributed by atoms with Gasteiger partial charge in [-0.2, -0.15) is 0 Å². The Bertz CT molecular complexity index is 1200. The first-order chi connectivity index (χ1) is 14.4. The zero-order valence-electron chi connectivity index (χ0n) is 15.5. The van der Waals surface area contributed by atoms with Gasteiger partial charge in [-0.05, 0) is 42.5 Å². The van der Waals surface area contributed by atoms with Crippen LogP contribution in [0.25, 0.3) is 0 Å². The van der Waals surface area contributed by atoms with Gasteiger partial charge in [0.25, 0.3) is 5.91 Å². The van der Waals surface area contributed by atoms with Crippen LogP contribution in [0.4, 0.5) is 5.69 Å². The summed E-state index contributed by atoms with van der Waals surface area (Å²) in [5, 5.41) is 11.8. The predicted octanol–water partition coefficient (Wildman–Crippen LogP) is 2.96. The second-order valence-corrected chi connectivity index (χ2v) is 6.64. The molecule has 0 atom stereocenters. The topological polar surface area (TPSA) is 110 Å². The highest BCUT2D eigenvalue weighted by molar-refractivity contribution is 6.28. The fourth-order valence-electron chi connectivity index (χ4n) is 3.19. The Kier molecular flexibility index (Phi) is 4.85. The molecule has 7 heteroatoms. The predicted molar refractivity (Wildman–Crippen MR) is 107 cm³/mol. The van der Waals surface area contributed by atoms with Gasteiger partial charge < -0.3 is 15.2 Å². The molecule has 0 unspecified atom stereocenters. The van der Waals surface area contributed by atoms with Gasteiger partial charge in [0.05, 0.1) is 5.56 Å². The summed E-state index contributed by atoms with van der Waals surface area (Å²) in [4.78, 5) is 49.4. The van der Waals surface area contributed by atoms with Crippen LogP contribution in [0.2, 0.25) is 0 Å². The maximum atomic E-state index is 12.7. The first-order valence-corrected chi connectivity index (χ1v) is 9.02. The summed E-state index contributed by atoms with van der Waals surface area (Å²) in [6, 6.07) is 16.4. The number of phenols is 1. The summed E-state index contributed by atoms with van der Waals surface area (Å²) in [6.45, 7) is -0.535. The Balaban J connectivity index is 1.45. The molecule has 0 spiro atoms. The van der Waals surface area contributed by atoms with Crippen molar-refractivity contribution in [2.45, 2.75) is 0 Å². The van der Waals surface area contributed by atoms with E-state index >= 15 is 0 Å². The molecule has 3 aromatic rings. The number of anilines is 1. The summed E-state index contributed by atoms with van der Waals surface area (Å²) >= 11 is 0. The van der Waals surface area contributed by atoms with Crippen molar-refractivity contribution in [3.63, 3.8) is 0 Å². The van der Waals surface area contributed by atoms with Crippen molar-refractivity contribution in [3.05, 3.63) is 94.5 Å². The third kappa shape index (κ3) is 3.56. The van der Waals surface area contributed by atoms with Crippen LogP contribution in [0.1, 0.15) is 42.2 Å². The molecule has 0 aromatic heterocycles. The van der Waals surface area contributed by atoms with Crippen LogP contribution in [0.3, 0.4) is 0 Å². The Labute approximate surface area is 170 Å². The number of carbonyl (C=O) groups excluding carboxylic acids is 4. The van der Waals surface area contributed by atoms with Gasteiger partial charge in [0.1, 0.15) is 5.75 Å². The second kappa shape index (κ2) is 7.63. The molecule has 30 heavy (non-hydrogen) atoms. The molecule has 4 rings (SSSR count). The number of hydrogen-bond acceptors (Lipinski definition) is 6. The molecule has 1 aliphatic rings. The summed E-state index contributed by atoms with van der Waals surface area (Å²) in [5.74, 6) is -1.85. The largest absolute Gasteiger partial charge is 0.508 e. The number of fused-ring (bicyclic) bond motifs is 2. The molecule has 0 saturated heterocycles. The summed E-state index contributed by atoms with van der Waals surface area (Å²) < 4.78 is 4.95. The Hall–Kier alpha value is -4.26. The van der Waals surface area contributed by atoms with Gasteiger partial charge in [-0.25, -0.2) is 4.79 Å². The summed E-state index contributed by atoms with van der Waals surface area (Å²) in [5.41, 5.74) is 1.65. The zero-order chi connectivity index (χ0) is 21.3. The minimum Gasteiger partial charge on any atom is -0.508 e. The van der Waals surface area contributed by atoms with Crippen molar-refractivity contribution in [2.24, 2.45) is 0 Å². The van der Waals surface area contributed by atoms with E-state index in [0.29, 0.717) is 16.8 Å². The zero-order valence-corrected chi connectivity index (χ0v) is 15.5. The van der Waals surface area contributed by atoms with Crippen molar-refractivity contribution in [3.8, 4) is 5.75 Å². The number of esters is 1. The first kappa shape index (κ1) is 19.1. The van der Waals surface area contributed by atoms with E-state index in [1.807, 2.05) is 0 Å². The summed E-state index contributed by atoms with van der Waals surface area (Å²) in [6.07, 6.45) is 0. The molecule has 1 amide bonds. The van der Waals surface area contributed by atoms with Crippen LogP contribution in [0, 0.1) is 0 Å². The minimum absolute atomic E-state index is 0.00681. The lowest BCUT2D eigenvalue weighted by atomic mass is 9.84. The quantitative estimate of drug-likeness (QED) is 0.509. The van der Waals surface area contributed by atoms with Crippen molar-refractivity contribution in [2.75, 3.05) is 11.9 Å². The van der Waals surface area contributed by atoms with Crippen LogP contribution in [0.15, 0.2) is 66.7 Å². The van der Waals surface area contributed by atoms with E-state index in [1.165, 1.54) is 42.5 Å². The lowest BCUT2D eigenvalue weighted by molar-refractivity contribution is -0.119. The lowest BCUT2D eigenvalue weighted by Gasteiger charge is -2.18. The number of nitrogens with one attached hydrogen (secondary N) is 1. The molecule has 0 saturated carbocycles. The van der Waals surface area contributed by atoms with E-state index in [2.05, 4.69) is 5.32 Å². The minimum atomic E-state index is -0.715. The van der Waals surface area contributed by atoms with E-state index in [1.54, 1.807) is 24.3 Å². The maximum absolute atomic E-state index is 12.7. The van der Waals surface area contributed by atoms with Gasteiger partial charge in [-0.1, -0.05) is 24.3 Å². The number of carbonyl (C=O) groups is 4. The molecular weight excluding hydrogens is 386 g/mol.